The van der Waals surface area contributed by atoms with E-state index in [1.165, 1.54) is 0 Å². The fraction of sp³-hybridized carbons (Fsp3) is 0.238. The van der Waals surface area contributed by atoms with Crippen LogP contribution in [-0.4, -0.2) is 46.5 Å². The largest absolute Gasteiger partial charge is 0.382 e. The van der Waals surface area contributed by atoms with Gasteiger partial charge in [0, 0.05) is 32.1 Å². The molecule has 0 bridgehead atoms. The minimum absolute atomic E-state index is 0.179. The number of aromatic nitrogens is 3. The van der Waals surface area contributed by atoms with E-state index >= 15 is 0 Å². The van der Waals surface area contributed by atoms with Crippen LogP contribution >= 0.6 is 0 Å². The third kappa shape index (κ3) is 4.17. The molecule has 27 heavy (non-hydrogen) atoms. The Kier molecular flexibility index (Phi) is 5.88. The Hall–Kier alpha value is -3.12. The standard InChI is InChI=1S/C21H22N4O2/c1-15-23-13-17(20(24-15)16-9-5-4-6-10-16)21(26)25(2)19(14-27-3)18-11-7-8-12-22-18/h4-13,19H,14H2,1-3H3. The highest BCUT2D eigenvalue weighted by atomic mass is 16.5. The zero-order chi connectivity index (χ0) is 19.2. The predicted octanol–water partition coefficient (Wildman–Crippen LogP) is 3.31. The Balaban J connectivity index is 1.99. The van der Waals surface area contributed by atoms with Gasteiger partial charge in [-0.3, -0.25) is 9.78 Å². The second-order valence-electron chi connectivity index (χ2n) is 6.19. The topological polar surface area (TPSA) is 68.2 Å². The molecule has 0 fully saturated rings. The van der Waals surface area contributed by atoms with Crippen molar-refractivity contribution in [2.45, 2.75) is 13.0 Å². The van der Waals surface area contributed by atoms with Crippen LogP contribution in [0.5, 0.6) is 0 Å². The van der Waals surface area contributed by atoms with Crippen molar-refractivity contribution < 1.29 is 9.53 Å². The Morgan fingerprint density at radius 1 is 1.11 bits per heavy atom. The number of aryl methyl sites for hydroxylation is 1. The fourth-order valence-electron chi connectivity index (χ4n) is 2.90. The molecular formula is C21H22N4O2. The summed E-state index contributed by atoms with van der Waals surface area (Å²) in [4.78, 5) is 28.1. The number of rotatable bonds is 6. The van der Waals surface area contributed by atoms with Crippen molar-refractivity contribution in [1.82, 2.24) is 19.9 Å². The van der Waals surface area contributed by atoms with E-state index in [2.05, 4.69) is 15.0 Å². The van der Waals surface area contributed by atoms with E-state index in [1.807, 2.05) is 55.5 Å². The molecule has 1 unspecified atom stereocenters. The summed E-state index contributed by atoms with van der Waals surface area (Å²) in [5.74, 6) is 0.438. The van der Waals surface area contributed by atoms with Crippen LogP contribution in [0.1, 0.15) is 27.9 Å². The SMILES string of the molecule is COCC(c1ccccn1)N(C)C(=O)c1cnc(C)nc1-c1ccccc1. The van der Waals surface area contributed by atoms with Gasteiger partial charge >= 0.3 is 0 Å². The molecule has 6 nitrogen and oxygen atoms in total. The number of likely N-dealkylation sites (N-methyl/N-ethyl adjacent to an activating group) is 1. The highest BCUT2D eigenvalue weighted by molar-refractivity contribution is 5.99. The maximum Gasteiger partial charge on any atom is 0.258 e. The van der Waals surface area contributed by atoms with Gasteiger partial charge in [0.15, 0.2) is 0 Å². The zero-order valence-corrected chi connectivity index (χ0v) is 15.7. The molecule has 6 heteroatoms. The number of ether oxygens (including phenoxy) is 1. The van der Waals surface area contributed by atoms with Gasteiger partial charge in [0.1, 0.15) is 5.82 Å². The molecular weight excluding hydrogens is 340 g/mol. The number of carbonyl (C=O) groups is 1. The van der Waals surface area contributed by atoms with Gasteiger partial charge in [-0.1, -0.05) is 36.4 Å². The number of carbonyl (C=O) groups excluding carboxylic acids is 1. The van der Waals surface area contributed by atoms with E-state index < -0.39 is 0 Å². The molecule has 0 saturated carbocycles. The lowest BCUT2D eigenvalue weighted by Gasteiger charge is -2.27. The van der Waals surface area contributed by atoms with Gasteiger partial charge < -0.3 is 9.64 Å². The first-order chi connectivity index (χ1) is 13.1. The van der Waals surface area contributed by atoms with E-state index in [0.29, 0.717) is 23.7 Å². The van der Waals surface area contributed by atoms with Crippen molar-refractivity contribution in [3.63, 3.8) is 0 Å². The maximum atomic E-state index is 13.3. The average molecular weight is 362 g/mol. The van der Waals surface area contributed by atoms with E-state index in [1.54, 1.807) is 31.5 Å². The van der Waals surface area contributed by atoms with Crippen LogP contribution in [0.2, 0.25) is 0 Å². The summed E-state index contributed by atoms with van der Waals surface area (Å²) in [6, 6.07) is 15.0. The first-order valence-corrected chi connectivity index (χ1v) is 8.68. The molecule has 3 rings (SSSR count). The Labute approximate surface area is 158 Å². The summed E-state index contributed by atoms with van der Waals surface area (Å²) in [7, 11) is 3.36. The number of nitrogens with zero attached hydrogens (tertiary/aromatic N) is 4. The monoisotopic (exact) mass is 362 g/mol. The molecule has 1 aromatic carbocycles. The Morgan fingerprint density at radius 3 is 2.52 bits per heavy atom. The molecule has 0 aliphatic rings. The first kappa shape index (κ1) is 18.7. The van der Waals surface area contributed by atoms with Gasteiger partial charge in [0.2, 0.25) is 0 Å². The quantitative estimate of drug-likeness (QED) is 0.673. The van der Waals surface area contributed by atoms with Crippen molar-refractivity contribution in [1.29, 1.82) is 0 Å². The van der Waals surface area contributed by atoms with Crippen molar-refractivity contribution in [2.24, 2.45) is 0 Å². The number of hydrogen-bond acceptors (Lipinski definition) is 5. The van der Waals surface area contributed by atoms with E-state index in [4.69, 9.17) is 4.74 Å². The molecule has 0 N–H and O–H groups in total. The molecule has 0 radical (unpaired) electrons. The van der Waals surface area contributed by atoms with Crippen molar-refractivity contribution >= 4 is 5.91 Å². The third-order valence-corrected chi connectivity index (χ3v) is 4.33. The van der Waals surface area contributed by atoms with Gasteiger partial charge in [-0.05, 0) is 19.1 Å². The van der Waals surface area contributed by atoms with E-state index in [0.717, 1.165) is 11.3 Å². The van der Waals surface area contributed by atoms with Crippen LogP contribution in [0.4, 0.5) is 0 Å². The Bertz CT molecular complexity index is 901. The molecule has 2 aromatic heterocycles. The summed E-state index contributed by atoms with van der Waals surface area (Å²) >= 11 is 0. The van der Waals surface area contributed by atoms with E-state index in [9.17, 15) is 4.79 Å². The number of amides is 1. The van der Waals surface area contributed by atoms with Gasteiger partial charge in [-0.2, -0.15) is 0 Å². The number of methoxy groups -OCH3 is 1. The minimum Gasteiger partial charge on any atom is -0.382 e. The summed E-state index contributed by atoms with van der Waals surface area (Å²) in [5, 5.41) is 0. The van der Waals surface area contributed by atoms with Gasteiger partial charge in [-0.15, -0.1) is 0 Å². The summed E-state index contributed by atoms with van der Waals surface area (Å²) in [6.07, 6.45) is 3.30. The molecule has 0 saturated heterocycles. The van der Waals surface area contributed by atoms with Crippen molar-refractivity contribution in [3.8, 4) is 11.3 Å². The van der Waals surface area contributed by atoms with Gasteiger partial charge in [0.25, 0.3) is 5.91 Å². The third-order valence-electron chi connectivity index (χ3n) is 4.33. The van der Waals surface area contributed by atoms with Gasteiger partial charge in [-0.25, -0.2) is 9.97 Å². The van der Waals surface area contributed by atoms with Crippen LogP contribution in [0, 0.1) is 6.92 Å². The van der Waals surface area contributed by atoms with Crippen molar-refractivity contribution in [2.75, 3.05) is 20.8 Å². The number of pyridine rings is 1. The first-order valence-electron chi connectivity index (χ1n) is 8.68. The van der Waals surface area contributed by atoms with Crippen LogP contribution < -0.4 is 0 Å². The number of hydrogen-bond donors (Lipinski definition) is 0. The van der Waals surface area contributed by atoms with E-state index in [-0.39, 0.29) is 11.9 Å². The lowest BCUT2D eigenvalue weighted by Crippen LogP contribution is -2.34. The lowest BCUT2D eigenvalue weighted by atomic mass is 10.0. The molecule has 3 aromatic rings. The smallest absolute Gasteiger partial charge is 0.258 e. The lowest BCUT2D eigenvalue weighted by molar-refractivity contribution is 0.0595. The summed E-state index contributed by atoms with van der Waals surface area (Å²) in [5.41, 5.74) is 2.72. The molecule has 1 amide bonds. The summed E-state index contributed by atoms with van der Waals surface area (Å²) < 4.78 is 5.33. The second kappa shape index (κ2) is 8.51. The van der Waals surface area contributed by atoms with Crippen molar-refractivity contribution in [3.05, 3.63) is 78.0 Å². The highest BCUT2D eigenvalue weighted by Crippen LogP contribution is 2.25. The normalized spacial score (nSPS) is 11.8. The maximum absolute atomic E-state index is 13.3. The van der Waals surface area contributed by atoms with Crippen LogP contribution in [0.3, 0.4) is 0 Å². The second-order valence-corrected chi connectivity index (χ2v) is 6.19. The Morgan fingerprint density at radius 2 is 1.85 bits per heavy atom. The minimum atomic E-state index is -0.311. The zero-order valence-electron chi connectivity index (χ0n) is 15.7. The van der Waals surface area contributed by atoms with Crippen LogP contribution in [0.15, 0.2) is 60.9 Å². The summed E-state index contributed by atoms with van der Waals surface area (Å²) in [6.45, 7) is 2.15. The molecule has 2 heterocycles. The molecule has 0 spiro atoms. The molecule has 0 aliphatic carbocycles. The highest BCUT2D eigenvalue weighted by Gasteiger charge is 2.26. The van der Waals surface area contributed by atoms with Crippen LogP contribution in [0.25, 0.3) is 11.3 Å². The molecule has 0 aliphatic heterocycles. The average Bonchev–Trinajstić information content (AvgIpc) is 2.72. The van der Waals surface area contributed by atoms with Crippen LogP contribution in [-0.2, 0) is 4.74 Å². The number of benzene rings is 1. The fourth-order valence-corrected chi connectivity index (χ4v) is 2.90. The molecule has 138 valence electrons. The molecule has 1 atom stereocenters. The predicted molar refractivity (Wildman–Crippen MR) is 103 cm³/mol. The van der Waals surface area contributed by atoms with Gasteiger partial charge in [0.05, 0.1) is 29.6 Å².